The Morgan fingerprint density at radius 3 is 2.44 bits per heavy atom. The molecular formula is C10H9NO5. The van der Waals surface area contributed by atoms with Gasteiger partial charge in [0.2, 0.25) is 0 Å². The first-order valence-electron chi connectivity index (χ1n) is 4.50. The highest BCUT2D eigenvalue weighted by Gasteiger charge is 2.46. The molecule has 6 nitrogen and oxygen atoms in total. The number of rotatable bonds is 1. The van der Waals surface area contributed by atoms with E-state index in [2.05, 4.69) is 10.1 Å². The molecule has 0 spiro atoms. The van der Waals surface area contributed by atoms with E-state index in [1.807, 2.05) is 0 Å². The molecule has 1 unspecified atom stereocenters. The summed E-state index contributed by atoms with van der Waals surface area (Å²) in [7, 11) is 0. The van der Waals surface area contributed by atoms with Crippen molar-refractivity contribution < 1.29 is 24.5 Å². The van der Waals surface area contributed by atoms with Crippen LogP contribution < -0.4 is 5.32 Å². The molecule has 1 fully saturated rings. The number of aromatic hydroxyl groups is 2. The fourth-order valence-corrected chi connectivity index (χ4v) is 1.49. The highest BCUT2D eigenvalue weighted by atomic mass is 16.6. The van der Waals surface area contributed by atoms with Crippen molar-refractivity contribution in [3.8, 4) is 11.5 Å². The van der Waals surface area contributed by atoms with E-state index in [0.717, 1.165) is 0 Å². The molecule has 0 radical (unpaired) electrons. The maximum Gasteiger partial charge on any atom is 0.416 e. The zero-order valence-corrected chi connectivity index (χ0v) is 8.35. The number of nitrogens with one attached hydrogen (secondary N) is 1. The summed E-state index contributed by atoms with van der Waals surface area (Å²) in [5.41, 5.74) is -0.999. The van der Waals surface area contributed by atoms with Crippen LogP contribution in [0.3, 0.4) is 0 Å². The first-order chi connectivity index (χ1) is 7.43. The molecule has 1 aliphatic heterocycles. The van der Waals surface area contributed by atoms with Crippen molar-refractivity contribution in [2.75, 3.05) is 0 Å². The highest BCUT2D eigenvalue weighted by Crippen LogP contribution is 2.33. The standard InChI is InChI=1S/C10H9NO5/c1-10(8(14)16-9(15)11-10)5-2-3-6(12)7(13)4-5/h2-4,12-13H,1H3,(H,11,15). The van der Waals surface area contributed by atoms with E-state index in [1.165, 1.54) is 25.1 Å². The Kier molecular flexibility index (Phi) is 2.01. The number of hydrogen-bond donors (Lipinski definition) is 3. The SMILES string of the molecule is CC1(c2ccc(O)c(O)c2)NC(=O)OC1=O. The number of esters is 1. The molecule has 16 heavy (non-hydrogen) atoms. The summed E-state index contributed by atoms with van der Waals surface area (Å²) in [6.45, 7) is 1.45. The van der Waals surface area contributed by atoms with Crippen LogP contribution in [0.4, 0.5) is 4.79 Å². The normalized spacial score (nSPS) is 24.1. The smallest absolute Gasteiger partial charge is 0.416 e. The molecule has 0 saturated carbocycles. The molecule has 1 aromatic carbocycles. The molecule has 1 aromatic rings. The van der Waals surface area contributed by atoms with Gasteiger partial charge in [-0.2, -0.15) is 0 Å². The Morgan fingerprint density at radius 2 is 1.94 bits per heavy atom. The van der Waals surface area contributed by atoms with Gasteiger partial charge in [-0.3, -0.25) is 0 Å². The van der Waals surface area contributed by atoms with Crippen molar-refractivity contribution in [3.05, 3.63) is 23.8 Å². The summed E-state index contributed by atoms with van der Waals surface area (Å²) >= 11 is 0. The molecule has 2 rings (SSSR count). The number of alkyl carbamates (subject to hydrolysis) is 1. The fourth-order valence-electron chi connectivity index (χ4n) is 1.49. The van der Waals surface area contributed by atoms with Crippen LogP contribution in [-0.4, -0.2) is 22.3 Å². The lowest BCUT2D eigenvalue weighted by atomic mass is 9.92. The van der Waals surface area contributed by atoms with Crippen molar-refractivity contribution in [1.82, 2.24) is 5.32 Å². The van der Waals surface area contributed by atoms with Gasteiger partial charge in [-0.15, -0.1) is 0 Å². The van der Waals surface area contributed by atoms with E-state index in [-0.39, 0.29) is 11.5 Å². The topological polar surface area (TPSA) is 95.9 Å². The quantitative estimate of drug-likeness (QED) is 0.367. The third-order valence-electron chi connectivity index (χ3n) is 2.50. The van der Waals surface area contributed by atoms with E-state index < -0.39 is 17.6 Å². The number of benzene rings is 1. The summed E-state index contributed by atoms with van der Waals surface area (Å²) in [6.07, 6.45) is -0.833. The number of phenols is 2. The van der Waals surface area contributed by atoms with Gasteiger partial charge in [0, 0.05) is 0 Å². The van der Waals surface area contributed by atoms with Gasteiger partial charge in [-0.05, 0) is 24.6 Å². The van der Waals surface area contributed by atoms with Crippen LogP contribution in [0.5, 0.6) is 11.5 Å². The van der Waals surface area contributed by atoms with Crippen LogP contribution in [0.1, 0.15) is 12.5 Å². The van der Waals surface area contributed by atoms with E-state index >= 15 is 0 Å². The number of carbonyl (C=O) groups excluding carboxylic acids is 2. The second-order valence-electron chi connectivity index (χ2n) is 3.63. The number of ether oxygens (including phenoxy) is 1. The Labute approximate surface area is 90.5 Å². The Hall–Kier alpha value is -2.24. The molecule has 1 atom stereocenters. The second kappa shape index (κ2) is 3.13. The molecule has 6 heteroatoms. The lowest BCUT2D eigenvalue weighted by Gasteiger charge is -2.19. The molecule has 0 bridgehead atoms. The Morgan fingerprint density at radius 1 is 1.25 bits per heavy atom. The predicted molar refractivity (Wildman–Crippen MR) is 51.7 cm³/mol. The number of carbonyl (C=O) groups is 2. The van der Waals surface area contributed by atoms with Crippen LogP contribution in [0.25, 0.3) is 0 Å². The van der Waals surface area contributed by atoms with Gasteiger partial charge in [0.25, 0.3) is 0 Å². The Balaban J connectivity index is 2.47. The van der Waals surface area contributed by atoms with Gasteiger partial charge in [0.15, 0.2) is 17.0 Å². The van der Waals surface area contributed by atoms with E-state index in [1.54, 1.807) is 0 Å². The maximum atomic E-state index is 11.5. The number of amides is 1. The van der Waals surface area contributed by atoms with E-state index in [0.29, 0.717) is 5.56 Å². The van der Waals surface area contributed by atoms with Gasteiger partial charge in [0.1, 0.15) is 0 Å². The minimum absolute atomic E-state index is 0.301. The summed E-state index contributed by atoms with van der Waals surface area (Å²) < 4.78 is 4.37. The van der Waals surface area contributed by atoms with Crippen molar-refractivity contribution in [1.29, 1.82) is 0 Å². The first kappa shape index (κ1) is 10.3. The summed E-state index contributed by atoms with van der Waals surface area (Å²) in [4.78, 5) is 22.4. The molecule has 3 N–H and O–H groups in total. The summed E-state index contributed by atoms with van der Waals surface area (Å²) in [6, 6.07) is 3.85. The largest absolute Gasteiger partial charge is 0.504 e. The monoisotopic (exact) mass is 223 g/mol. The van der Waals surface area contributed by atoms with Gasteiger partial charge in [0.05, 0.1) is 0 Å². The zero-order valence-electron chi connectivity index (χ0n) is 8.35. The second-order valence-corrected chi connectivity index (χ2v) is 3.63. The lowest BCUT2D eigenvalue weighted by Crippen LogP contribution is -2.40. The predicted octanol–water partition coefficient (Wildman–Crippen LogP) is 0.579. The van der Waals surface area contributed by atoms with Crippen molar-refractivity contribution in [3.63, 3.8) is 0 Å². The molecule has 1 amide bonds. The first-order valence-corrected chi connectivity index (χ1v) is 4.50. The van der Waals surface area contributed by atoms with Crippen LogP contribution in [-0.2, 0) is 15.1 Å². The minimum Gasteiger partial charge on any atom is -0.504 e. The molecule has 1 aliphatic rings. The summed E-state index contributed by atoms with van der Waals surface area (Å²) in [5.74, 6) is -1.42. The number of phenolic OH excluding ortho intramolecular Hbond substituents is 2. The van der Waals surface area contributed by atoms with Crippen LogP contribution >= 0.6 is 0 Å². The lowest BCUT2D eigenvalue weighted by molar-refractivity contribution is -0.139. The molecule has 0 aliphatic carbocycles. The highest BCUT2D eigenvalue weighted by molar-refractivity contribution is 5.99. The van der Waals surface area contributed by atoms with Crippen molar-refractivity contribution >= 4 is 12.1 Å². The molecule has 0 aromatic heterocycles. The molecular weight excluding hydrogens is 214 g/mol. The third-order valence-corrected chi connectivity index (χ3v) is 2.50. The van der Waals surface area contributed by atoms with Crippen molar-refractivity contribution in [2.45, 2.75) is 12.5 Å². The van der Waals surface area contributed by atoms with Gasteiger partial charge >= 0.3 is 12.1 Å². The molecule has 84 valence electrons. The minimum atomic E-state index is -1.33. The van der Waals surface area contributed by atoms with Gasteiger partial charge in [-0.1, -0.05) is 6.07 Å². The van der Waals surface area contributed by atoms with E-state index in [9.17, 15) is 14.7 Å². The van der Waals surface area contributed by atoms with Crippen LogP contribution in [0, 0.1) is 0 Å². The third kappa shape index (κ3) is 1.35. The maximum absolute atomic E-state index is 11.5. The average Bonchev–Trinajstić information content (AvgIpc) is 2.46. The van der Waals surface area contributed by atoms with Gasteiger partial charge in [-0.25, -0.2) is 9.59 Å². The number of hydrogen-bond acceptors (Lipinski definition) is 5. The molecule has 1 heterocycles. The van der Waals surface area contributed by atoms with E-state index in [4.69, 9.17) is 5.11 Å². The Bertz CT molecular complexity index is 484. The zero-order chi connectivity index (χ0) is 11.9. The van der Waals surface area contributed by atoms with Gasteiger partial charge < -0.3 is 20.3 Å². The van der Waals surface area contributed by atoms with Crippen molar-refractivity contribution in [2.24, 2.45) is 0 Å². The average molecular weight is 223 g/mol. The fraction of sp³-hybridized carbons (Fsp3) is 0.200. The van der Waals surface area contributed by atoms with Crippen LogP contribution in [0.2, 0.25) is 0 Å². The van der Waals surface area contributed by atoms with Crippen LogP contribution in [0.15, 0.2) is 18.2 Å². The summed E-state index contributed by atoms with van der Waals surface area (Å²) in [5, 5.41) is 20.8. The molecule has 1 saturated heterocycles. The number of cyclic esters (lactones) is 2.